The van der Waals surface area contributed by atoms with Gasteiger partial charge in [-0.15, -0.1) is 4.40 Å². The van der Waals surface area contributed by atoms with E-state index in [1.54, 1.807) is 19.4 Å². The highest BCUT2D eigenvalue weighted by Gasteiger charge is 2.29. The van der Waals surface area contributed by atoms with Crippen LogP contribution >= 0.6 is 0 Å². The predicted molar refractivity (Wildman–Crippen MR) is 139 cm³/mol. The summed E-state index contributed by atoms with van der Waals surface area (Å²) in [5.74, 6) is 1.70. The largest absolute Gasteiger partial charge is 0.444 e. The van der Waals surface area contributed by atoms with E-state index in [0.29, 0.717) is 37.0 Å². The van der Waals surface area contributed by atoms with Gasteiger partial charge < -0.3 is 24.5 Å². The number of sulfonamides is 1. The van der Waals surface area contributed by atoms with E-state index in [1.165, 1.54) is 6.39 Å². The maximum atomic E-state index is 12.5. The Morgan fingerprint density at radius 2 is 2.17 bits per heavy atom. The zero-order chi connectivity index (χ0) is 25.3. The second kappa shape index (κ2) is 9.61. The average molecular weight is 509 g/mol. The molecular weight excluding hydrogens is 480 g/mol. The molecule has 1 aliphatic heterocycles. The molecular formula is C24H28N8O3S. The number of aromatic amines is 1. The quantitative estimate of drug-likeness (QED) is 0.308. The van der Waals surface area contributed by atoms with Crippen LogP contribution in [0.25, 0.3) is 22.4 Å². The lowest BCUT2D eigenvalue weighted by molar-refractivity contribution is 0.297. The van der Waals surface area contributed by atoms with Crippen LogP contribution in [-0.2, 0) is 10.0 Å². The number of benzene rings is 1. The summed E-state index contributed by atoms with van der Waals surface area (Å²) in [5.41, 5.74) is 3.41. The lowest BCUT2D eigenvalue weighted by Gasteiger charge is -2.42. The summed E-state index contributed by atoms with van der Waals surface area (Å²) in [6.07, 6.45) is 6.50. The summed E-state index contributed by atoms with van der Waals surface area (Å²) in [7, 11) is -3.64. The molecule has 1 saturated heterocycles. The molecule has 4 aromatic rings. The highest BCUT2D eigenvalue weighted by molar-refractivity contribution is 7.90. The first-order valence-electron chi connectivity index (χ1n) is 11.7. The minimum absolute atomic E-state index is 0.0428. The SMILES string of the molecule is CCS(=O)(=O)N=C(Nc1cccc(-c2cnco2)c1)N1CCN(c2ncnc3[nH]cc(C)c23)C[C@@H]1C. The molecule has 0 bridgehead atoms. The number of H-pyrrole nitrogens is 1. The minimum atomic E-state index is -3.64. The van der Waals surface area contributed by atoms with Crippen molar-refractivity contribution < 1.29 is 12.8 Å². The van der Waals surface area contributed by atoms with E-state index < -0.39 is 10.0 Å². The van der Waals surface area contributed by atoms with Crippen LogP contribution in [0, 0.1) is 6.92 Å². The Morgan fingerprint density at radius 1 is 1.31 bits per heavy atom. The van der Waals surface area contributed by atoms with E-state index in [0.717, 1.165) is 28.0 Å². The van der Waals surface area contributed by atoms with Crippen LogP contribution in [0.4, 0.5) is 11.5 Å². The fraction of sp³-hybridized carbons (Fsp3) is 0.333. The molecule has 0 aliphatic carbocycles. The third-order valence-electron chi connectivity index (χ3n) is 6.27. The molecule has 5 rings (SSSR count). The van der Waals surface area contributed by atoms with Crippen LogP contribution in [0.2, 0.25) is 0 Å². The topological polar surface area (TPSA) is 133 Å². The van der Waals surface area contributed by atoms with Gasteiger partial charge in [-0.2, -0.15) is 0 Å². The zero-order valence-electron chi connectivity index (χ0n) is 20.3. The number of piperazine rings is 1. The Labute approximate surface area is 209 Å². The molecule has 0 radical (unpaired) electrons. The Kier molecular flexibility index (Phi) is 6.35. The number of anilines is 2. The summed E-state index contributed by atoms with van der Waals surface area (Å²) in [5, 5.41) is 4.25. The van der Waals surface area contributed by atoms with Crippen molar-refractivity contribution in [1.29, 1.82) is 0 Å². The first-order valence-corrected chi connectivity index (χ1v) is 13.3. The number of rotatable bonds is 5. The lowest BCUT2D eigenvalue weighted by atomic mass is 10.1. The lowest BCUT2D eigenvalue weighted by Crippen LogP contribution is -2.56. The molecule has 36 heavy (non-hydrogen) atoms. The maximum Gasteiger partial charge on any atom is 0.256 e. The second-order valence-electron chi connectivity index (χ2n) is 8.74. The van der Waals surface area contributed by atoms with Crippen LogP contribution in [0.15, 0.2) is 58.2 Å². The molecule has 0 spiro atoms. The Morgan fingerprint density at radius 3 is 2.92 bits per heavy atom. The summed E-state index contributed by atoms with van der Waals surface area (Å²) in [6.45, 7) is 7.51. The van der Waals surface area contributed by atoms with Gasteiger partial charge >= 0.3 is 0 Å². The Hall–Kier alpha value is -3.93. The Balaban J connectivity index is 1.42. The van der Waals surface area contributed by atoms with E-state index >= 15 is 0 Å². The molecule has 2 N–H and O–H groups in total. The molecule has 0 saturated carbocycles. The second-order valence-corrected chi connectivity index (χ2v) is 10.7. The first kappa shape index (κ1) is 23.8. The number of hydrogen-bond acceptors (Lipinski definition) is 7. The Bertz CT molecular complexity index is 1500. The number of fused-ring (bicyclic) bond motifs is 1. The van der Waals surface area contributed by atoms with Gasteiger partial charge in [-0.3, -0.25) is 0 Å². The fourth-order valence-corrected chi connectivity index (χ4v) is 4.93. The summed E-state index contributed by atoms with van der Waals surface area (Å²) in [4.78, 5) is 20.3. The van der Waals surface area contributed by atoms with Gasteiger partial charge in [0, 0.05) is 43.1 Å². The van der Waals surface area contributed by atoms with Crippen LogP contribution in [0.5, 0.6) is 0 Å². The average Bonchev–Trinajstić information content (AvgIpc) is 3.54. The van der Waals surface area contributed by atoms with E-state index in [9.17, 15) is 8.42 Å². The number of oxazole rings is 1. The zero-order valence-corrected chi connectivity index (χ0v) is 21.2. The normalized spacial score (nSPS) is 17.1. The number of nitrogens with one attached hydrogen (secondary N) is 2. The molecule has 188 valence electrons. The third kappa shape index (κ3) is 4.76. The molecule has 0 amide bonds. The number of aromatic nitrogens is 4. The van der Waals surface area contributed by atoms with E-state index in [4.69, 9.17) is 4.42 Å². The number of guanidine groups is 1. The monoisotopic (exact) mass is 508 g/mol. The van der Waals surface area contributed by atoms with Crippen molar-refractivity contribution in [2.24, 2.45) is 4.40 Å². The number of aryl methyl sites for hydroxylation is 1. The number of hydrogen-bond donors (Lipinski definition) is 2. The standard InChI is InChI=1S/C24H28N8O3S/c1-4-36(33,34)30-24(29-19-7-5-6-18(10-19)20-12-25-15-35-20)32-9-8-31(13-17(32)3)23-21-16(2)11-26-22(21)27-14-28-23/h5-7,10-12,14-15,17H,4,8-9,13H2,1-3H3,(H,29,30)(H,26,27,28)/t17-/m0/s1. The first-order chi connectivity index (χ1) is 17.3. The molecule has 1 aromatic carbocycles. The van der Waals surface area contributed by atoms with Crippen LogP contribution in [0.3, 0.4) is 0 Å². The van der Waals surface area contributed by atoms with E-state index in [2.05, 4.69) is 41.5 Å². The fourth-order valence-electron chi connectivity index (χ4n) is 4.38. The summed E-state index contributed by atoms with van der Waals surface area (Å²) >= 11 is 0. The molecule has 1 atom stereocenters. The van der Waals surface area contributed by atoms with Gasteiger partial charge in [-0.05, 0) is 38.5 Å². The van der Waals surface area contributed by atoms with Crippen LogP contribution in [0.1, 0.15) is 19.4 Å². The molecule has 11 nitrogen and oxygen atoms in total. The predicted octanol–water partition coefficient (Wildman–Crippen LogP) is 3.25. The van der Waals surface area contributed by atoms with Crippen molar-refractivity contribution in [3.63, 3.8) is 0 Å². The molecule has 1 fully saturated rings. The molecule has 0 unspecified atom stereocenters. The molecule has 1 aliphatic rings. The van der Waals surface area contributed by atoms with Crippen molar-refractivity contribution in [2.45, 2.75) is 26.8 Å². The van der Waals surface area contributed by atoms with Gasteiger partial charge in [-0.1, -0.05) is 12.1 Å². The van der Waals surface area contributed by atoms with Gasteiger partial charge in [0.05, 0.1) is 17.3 Å². The highest BCUT2D eigenvalue weighted by atomic mass is 32.2. The minimum Gasteiger partial charge on any atom is -0.444 e. The van der Waals surface area contributed by atoms with Crippen LogP contribution < -0.4 is 10.2 Å². The van der Waals surface area contributed by atoms with Crippen molar-refractivity contribution in [3.05, 3.63) is 54.9 Å². The molecule has 12 heteroatoms. The number of nitrogens with zero attached hydrogens (tertiary/aromatic N) is 6. The molecule has 4 heterocycles. The van der Waals surface area contributed by atoms with Crippen LogP contribution in [-0.4, -0.2) is 70.6 Å². The van der Waals surface area contributed by atoms with Gasteiger partial charge in [0.1, 0.15) is 17.8 Å². The highest BCUT2D eigenvalue weighted by Crippen LogP contribution is 2.28. The van der Waals surface area contributed by atoms with Gasteiger partial charge in [0.2, 0.25) is 5.96 Å². The van der Waals surface area contributed by atoms with Crippen molar-refractivity contribution in [3.8, 4) is 11.3 Å². The van der Waals surface area contributed by atoms with E-state index in [1.807, 2.05) is 42.3 Å². The molecule has 3 aromatic heterocycles. The van der Waals surface area contributed by atoms with Gasteiger partial charge in [-0.25, -0.2) is 23.4 Å². The maximum absolute atomic E-state index is 12.5. The van der Waals surface area contributed by atoms with Crippen molar-refractivity contribution >= 4 is 38.5 Å². The van der Waals surface area contributed by atoms with Crippen molar-refractivity contribution in [2.75, 3.05) is 35.6 Å². The smallest absolute Gasteiger partial charge is 0.256 e. The van der Waals surface area contributed by atoms with Gasteiger partial charge in [0.15, 0.2) is 12.2 Å². The third-order valence-corrected chi connectivity index (χ3v) is 7.45. The van der Waals surface area contributed by atoms with Crippen molar-refractivity contribution in [1.82, 2.24) is 24.8 Å². The summed E-state index contributed by atoms with van der Waals surface area (Å²) < 4.78 is 34.6. The summed E-state index contributed by atoms with van der Waals surface area (Å²) in [6, 6.07) is 7.47. The van der Waals surface area contributed by atoms with Gasteiger partial charge in [0.25, 0.3) is 10.0 Å². The van der Waals surface area contributed by atoms with E-state index in [-0.39, 0.29) is 11.8 Å².